The van der Waals surface area contributed by atoms with Gasteiger partial charge in [-0.2, -0.15) is 0 Å². The first-order valence-electron chi connectivity index (χ1n) is 6.60. The Bertz CT molecular complexity index is 518. The lowest BCUT2D eigenvalue weighted by molar-refractivity contribution is -0.159. The number of piperidine rings is 1. The SMILES string of the molecule is C#C[C@@]1(O)C[C@@H](c2ccc(OC)cc2)N(C)C[C@]1(C)O. The Morgan fingerprint density at radius 3 is 2.45 bits per heavy atom. The van der Waals surface area contributed by atoms with Crippen molar-refractivity contribution in [3.63, 3.8) is 0 Å². The monoisotopic (exact) mass is 275 g/mol. The Balaban J connectivity index is 2.30. The van der Waals surface area contributed by atoms with Gasteiger partial charge in [0.2, 0.25) is 0 Å². The molecule has 0 spiro atoms. The predicted molar refractivity (Wildman–Crippen MR) is 77.4 cm³/mol. The van der Waals surface area contributed by atoms with Gasteiger partial charge in [0.05, 0.1) is 7.11 Å². The number of nitrogens with zero attached hydrogens (tertiary/aromatic N) is 1. The summed E-state index contributed by atoms with van der Waals surface area (Å²) in [5.41, 5.74) is -1.80. The highest BCUT2D eigenvalue weighted by Gasteiger charge is 2.51. The van der Waals surface area contributed by atoms with Crippen LogP contribution in [0.1, 0.15) is 24.9 Å². The van der Waals surface area contributed by atoms with Crippen LogP contribution in [0.25, 0.3) is 0 Å². The van der Waals surface area contributed by atoms with Gasteiger partial charge < -0.3 is 14.9 Å². The van der Waals surface area contributed by atoms with Gasteiger partial charge >= 0.3 is 0 Å². The minimum atomic E-state index is -1.52. The molecule has 4 nitrogen and oxygen atoms in total. The van der Waals surface area contributed by atoms with Crippen LogP contribution < -0.4 is 4.74 Å². The summed E-state index contributed by atoms with van der Waals surface area (Å²) >= 11 is 0. The van der Waals surface area contributed by atoms with Crippen LogP contribution >= 0.6 is 0 Å². The number of ether oxygens (including phenoxy) is 1. The zero-order chi connectivity index (χ0) is 15.0. The molecule has 0 radical (unpaired) electrons. The van der Waals surface area contributed by atoms with Crippen LogP contribution in [0, 0.1) is 12.3 Å². The van der Waals surface area contributed by atoms with E-state index < -0.39 is 11.2 Å². The highest BCUT2D eigenvalue weighted by atomic mass is 16.5. The molecule has 1 aliphatic rings. The summed E-state index contributed by atoms with van der Waals surface area (Å²) in [4.78, 5) is 2.01. The van der Waals surface area contributed by atoms with Crippen molar-refractivity contribution in [1.29, 1.82) is 0 Å². The number of terminal acetylenes is 1. The largest absolute Gasteiger partial charge is 0.497 e. The highest BCUT2D eigenvalue weighted by molar-refractivity contribution is 5.32. The summed E-state index contributed by atoms with van der Waals surface area (Å²) in [7, 11) is 3.54. The average molecular weight is 275 g/mol. The first-order chi connectivity index (χ1) is 9.33. The maximum absolute atomic E-state index is 10.5. The fourth-order valence-electron chi connectivity index (χ4n) is 2.79. The lowest BCUT2D eigenvalue weighted by Crippen LogP contribution is -2.62. The standard InChI is InChI=1S/C16H21NO3/c1-5-16(19)10-14(17(3)11-15(16,2)18)12-6-8-13(20-4)9-7-12/h1,6-9,14,18-19H,10-11H2,2-4H3/t14-,15-,16+/m0/s1. The summed E-state index contributed by atoms with van der Waals surface area (Å²) in [6, 6.07) is 7.63. The van der Waals surface area contributed by atoms with E-state index in [1.165, 1.54) is 0 Å². The molecule has 1 heterocycles. The van der Waals surface area contributed by atoms with Gasteiger partial charge in [-0.15, -0.1) is 6.42 Å². The Hall–Kier alpha value is -1.54. The predicted octanol–water partition coefficient (Wildman–Crippen LogP) is 1.19. The molecule has 1 aromatic rings. The molecule has 4 heteroatoms. The molecule has 1 saturated heterocycles. The summed E-state index contributed by atoms with van der Waals surface area (Å²) in [6.45, 7) is 1.89. The van der Waals surface area contributed by atoms with Crippen molar-refractivity contribution in [1.82, 2.24) is 4.90 Å². The lowest BCUT2D eigenvalue weighted by atomic mass is 9.74. The van der Waals surface area contributed by atoms with Crippen molar-refractivity contribution in [3.8, 4) is 18.1 Å². The number of likely N-dealkylation sites (tertiary alicyclic amines) is 1. The van der Waals surface area contributed by atoms with Gasteiger partial charge in [-0.25, -0.2) is 0 Å². The number of aliphatic hydroxyl groups is 2. The summed E-state index contributed by atoms with van der Waals surface area (Å²) in [5.74, 6) is 3.15. The number of β-amino-alcohol motifs (C(OH)–C–C–N with tert-alkyl or cyclic N) is 1. The smallest absolute Gasteiger partial charge is 0.156 e. The van der Waals surface area contributed by atoms with Gasteiger partial charge in [-0.05, 0) is 31.7 Å². The van der Waals surface area contributed by atoms with Crippen LogP contribution in [0.4, 0.5) is 0 Å². The molecule has 3 atom stereocenters. The van der Waals surface area contributed by atoms with Crippen molar-refractivity contribution < 1.29 is 14.9 Å². The van der Waals surface area contributed by atoms with E-state index in [4.69, 9.17) is 11.2 Å². The first kappa shape index (κ1) is 14.9. The van der Waals surface area contributed by atoms with Gasteiger partial charge in [0.1, 0.15) is 11.4 Å². The molecule has 0 bridgehead atoms. The second-order valence-corrected chi connectivity index (χ2v) is 5.69. The third-order valence-corrected chi connectivity index (χ3v) is 4.21. The molecule has 0 unspecified atom stereocenters. The second-order valence-electron chi connectivity index (χ2n) is 5.69. The van der Waals surface area contributed by atoms with Gasteiger partial charge in [0.25, 0.3) is 0 Å². The van der Waals surface area contributed by atoms with Crippen molar-refractivity contribution in [2.75, 3.05) is 20.7 Å². The van der Waals surface area contributed by atoms with Crippen LogP contribution in [0.5, 0.6) is 5.75 Å². The Kier molecular flexibility index (Phi) is 3.79. The second kappa shape index (κ2) is 5.10. The molecule has 2 rings (SSSR count). The summed E-state index contributed by atoms with van der Waals surface area (Å²) in [5, 5.41) is 20.9. The lowest BCUT2D eigenvalue weighted by Gasteiger charge is -2.49. The molecule has 2 N–H and O–H groups in total. The van der Waals surface area contributed by atoms with Crippen LogP contribution in [0.15, 0.2) is 24.3 Å². The number of methoxy groups -OCH3 is 1. The van der Waals surface area contributed by atoms with E-state index in [0.29, 0.717) is 13.0 Å². The molecule has 108 valence electrons. The van der Waals surface area contributed by atoms with Crippen molar-refractivity contribution in [2.24, 2.45) is 0 Å². The van der Waals surface area contributed by atoms with Crippen LogP contribution in [0.3, 0.4) is 0 Å². The fourth-order valence-corrected chi connectivity index (χ4v) is 2.79. The number of rotatable bonds is 2. The van der Waals surface area contributed by atoms with Crippen LogP contribution in [0.2, 0.25) is 0 Å². The van der Waals surface area contributed by atoms with Crippen molar-refractivity contribution in [2.45, 2.75) is 30.6 Å². The van der Waals surface area contributed by atoms with Gasteiger partial charge in [-0.1, -0.05) is 18.1 Å². The van der Waals surface area contributed by atoms with E-state index in [1.54, 1.807) is 14.0 Å². The quantitative estimate of drug-likeness (QED) is 0.796. The van der Waals surface area contributed by atoms with Gasteiger partial charge in [0.15, 0.2) is 5.60 Å². The third-order valence-electron chi connectivity index (χ3n) is 4.21. The average Bonchev–Trinajstić information content (AvgIpc) is 2.42. The number of likely N-dealkylation sites (N-methyl/N-ethyl adjacent to an activating group) is 1. The molecular formula is C16H21NO3. The molecule has 0 aromatic heterocycles. The molecule has 20 heavy (non-hydrogen) atoms. The molecule has 0 aliphatic carbocycles. The third kappa shape index (κ3) is 2.40. The number of hydrogen-bond donors (Lipinski definition) is 2. The van der Waals surface area contributed by atoms with Crippen LogP contribution in [-0.2, 0) is 0 Å². The molecule has 0 saturated carbocycles. The topological polar surface area (TPSA) is 52.9 Å². The Morgan fingerprint density at radius 1 is 1.35 bits per heavy atom. The molecule has 1 fully saturated rings. The van der Waals surface area contributed by atoms with Gasteiger partial charge in [-0.3, -0.25) is 4.90 Å². The number of hydrogen-bond acceptors (Lipinski definition) is 4. The zero-order valence-corrected chi connectivity index (χ0v) is 12.1. The van der Waals surface area contributed by atoms with Crippen molar-refractivity contribution in [3.05, 3.63) is 29.8 Å². The minimum Gasteiger partial charge on any atom is -0.497 e. The van der Waals surface area contributed by atoms with E-state index in [9.17, 15) is 10.2 Å². The molecule has 1 aliphatic heterocycles. The van der Waals surface area contributed by atoms with E-state index in [1.807, 2.05) is 36.2 Å². The minimum absolute atomic E-state index is 0.0396. The maximum atomic E-state index is 10.5. The molecule has 0 amide bonds. The summed E-state index contributed by atoms with van der Waals surface area (Å²) in [6.07, 6.45) is 5.74. The number of benzene rings is 1. The first-order valence-corrected chi connectivity index (χ1v) is 6.60. The fraction of sp³-hybridized carbons (Fsp3) is 0.500. The van der Waals surface area contributed by atoms with Gasteiger partial charge in [0, 0.05) is 19.0 Å². The maximum Gasteiger partial charge on any atom is 0.156 e. The van der Waals surface area contributed by atoms with E-state index in [0.717, 1.165) is 11.3 Å². The van der Waals surface area contributed by atoms with Crippen molar-refractivity contribution >= 4 is 0 Å². The van der Waals surface area contributed by atoms with E-state index in [2.05, 4.69) is 5.92 Å². The normalized spacial score (nSPS) is 34.5. The van der Waals surface area contributed by atoms with Crippen LogP contribution in [-0.4, -0.2) is 47.0 Å². The van der Waals surface area contributed by atoms with E-state index >= 15 is 0 Å². The molecule has 1 aromatic carbocycles. The zero-order valence-electron chi connectivity index (χ0n) is 12.1. The Morgan fingerprint density at radius 2 is 1.95 bits per heavy atom. The Labute approximate surface area is 120 Å². The summed E-state index contributed by atoms with van der Waals surface area (Å²) < 4.78 is 5.14. The molecular weight excluding hydrogens is 254 g/mol. The van der Waals surface area contributed by atoms with E-state index in [-0.39, 0.29) is 6.04 Å². The highest BCUT2D eigenvalue weighted by Crippen LogP contribution is 2.40.